The Morgan fingerprint density at radius 1 is 1.00 bits per heavy atom. The van der Waals surface area contributed by atoms with Gasteiger partial charge in [0, 0.05) is 4.47 Å². The normalized spacial score (nSPS) is 12.1. The largest absolute Gasteiger partial charge is 0.497 e. The summed E-state index contributed by atoms with van der Waals surface area (Å²) in [5, 5.41) is 2.96. The van der Waals surface area contributed by atoms with Crippen LogP contribution in [0.5, 0.6) is 5.75 Å². The molecule has 0 radical (unpaired) electrons. The number of rotatable bonds is 9. The number of anilines is 1. The molecule has 32 heavy (non-hydrogen) atoms. The average molecular weight is 517 g/mol. The number of methoxy groups -OCH3 is 1. The number of sulfonamides is 1. The Balaban J connectivity index is 1.86. The lowest BCUT2D eigenvalue weighted by Gasteiger charge is -2.26. The van der Waals surface area contributed by atoms with Crippen molar-refractivity contribution in [1.82, 2.24) is 5.32 Å². The first kappa shape index (κ1) is 23.8. The average Bonchev–Trinajstić information content (AvgIpc) is 2.82. The second kappa shape index (κ2) is 10.7. The fourth-order valence-corrected chi connectivity index (χ4v) is 4.98. The van der Waals surface area contributed by atoms with E-state index in [1.54, 1.807) is 49.6 Å². The van der Waals surface area contributed by atoms with E-state index in [-0.39, 0.29) is 17.5 Å². The minimum Gasteiger partial charge on any atom is -0.497 e. The second-order valence-electron chi connectivity index (χ2n) is 7.10. The molecule has 0 spiro atoms. The molecule has 0 aliphatic heterocycles. The van der Waals surface area contributed by atoms with E-state index >= 15 is 0 Å². The molecule has 0 heterocycles. The zero-order chi connectivity index (χ0) is 23.1. The van der Waals surface area contributed by atoms with Crippen molar-refractivity contribution in [2.24, 2.45) is 0 Å². The topological polar surface area (TPSA) is 75.7 Å². The maximum atomic E-state index is 13.4. The Kier molecular flexibility index (Phi) is 7.93. The summed E-state index contributed by atoms with van der Waals surface area (Å²) in [5.74, 6) is 0.334. The van der Waals surface area contributed by atoms with Gasteiger partial charge in [-0.25, -0.2) is 8.42 Å². The molecule has 0 fully saturated rings. The molecule has 0 aromatic heterocycles. The molecule has 3 rings (SSSR count). The molecule has 8 heteroatoms. The van der Waals surface area contributed by atoms with Gasteiger partial charge < -0.3 is 10.1 Å². The third-order valence-electron chi connectivity index (χ3n) is 4.99. The Labute approximate surface area is 197 Å². The van der Waals surface area contributed by atoms with Gasteiger partial charge in [0.2, 0.25) is 5.91 Å². The molecular weight excluding hydrogens is 492 g/mol. The summed E-state index contributed by atoms with van der Waals surface area (Å²) in [4.78, 5) is 13.1. The summed E-state index contributed by atoms with van der Waals surface area (Å²) in [6, 6.07) is 22.1. The lowest BCUT2D eigenvalue weighted by Crippen LogP contribution is -2.42. The lowest BCUT2D eigenvalue weighted by atomic mass is 10.0. The fourth-order valence-electron chi connectivity index (χ4n) is 3.27. The van der Waals surface area contributed by atoms with E-state index in [9.17, 15) is 13.2 Å². The highest BCUT2D eigenvalue weighted by atomic mass is 79.9. The number of hydrogen-bond acceptors (Lipinski definition) is 4. The molecule has 3 aromatic carbocycles. The van der Waals surface area contributed by atoms with Gasteiger partial charge in [0.1, 0.15) is 12.3 Å². The van der Waals surface area contributed by atoms with Crippen LogP contribution in [0.2, 0.25) is 0 Å². The fraction of sp³-hybridized carbons (Fsp3) is 0.208. The zero-order valence-corrected chi connectivity index (χ0v) is 20.3. The maximum absolute atomic E-state index is 13.4. The molecule has 0 aliphatic rings. The summed E-state index contributed by atoms with van der Waals surface area (Å²) >= 11 is 3.36. The van der Waals surface area contributed by atoms with Crippen LogP contribution in [0.3, 0.4) is 0 Å². The van der Waals surface area contributed by atoms with Crippen LogP contribution in [0.25, 0.3) is 0 Å². The van der Waals surface area contributed by atoms with Crippen LogP contribution < -0.4 is 14.4 Å². The minimum absolute atomic E-state index is 0.123. The Bertz CT molecular complexity index is 1130. The third kappa shape index (κ3) is 5.69. The summed E-state index contributed by atoms with van der Waals surface area (Å²) in [5.41, 5.74) is 1.33. The van der Waals surface area contributed by atoms with Crippen LogP contribution in [-0.2, 0) is 14.8 Å². The highest BCUT2D eigenvalue weighted by Gasteiger charge is 2.27. The molecule has 168 valence electrons. The van der Waals surface area contributed by atoms with E-state index in [2.05, 4.69) is 21.2 Å². The van der Waals surface area contributed by atoms with Gasteiger partial charge in [0.25, 0.3) is 10.0 Å². The Morgan fingerprint density at radius 2 is 1.62 bits per heavy atom. The van der Waals surface area contributed by atoms with E-state index in [0.717, 1.165) is 20.1 Å². The number of carbonyl (C=O) groups excluding carboxylic acids is 1. The van der Waals surface area contributed by atoms with Crippen molar-refractivity contribution in [1.29, 1.82) is 0 Å². The molecule has 0 saturated carbocycles. The SMILES string of the molecule is CCC(NC(=O)CN(c1ccc(Br)cc1)S(=O)(=O)c1ccccc1)c1ccc(OC)cc1. The van der Waals surface area contributed by atoms with Crippen LogP contribution >= 0.6 is 15.9 Å². The van der Waals surface area contributed by atoms with Crippen molar-refractivity contribution in [2.45, 2.75) is 24.3 Å². The first-order valence-corrected chi connectivity index (χ1v) is 12.3. The Morgan fingerprint density at radius 3 is 2.19 bits per heavy atom. The predicted octanol–water partition coefficient (Wildman–Crippen LogP) is 4.92. The first-order chi connectivity index (χ1) is 15.3. The van der Waals surface area contributed by atoms with Crippen molar-refractivity contribution in [2.75, 3.05) is 18.0 Å². The minimum atomic E-state index is -3.94. The van der Waals surface area contributed by atoms with Crippen molar-refractivity contribution in [3.8, 4) is 5.75 Å². The molecule has 0 aliphatic carbocycles. The number of carbonyl (C=O) groups is 1. The zero-order valence-electron chi connectivity index (χ0n) is 17.9. The second-order valence-corrected chi connectivity index (χ2v) is 9.88. The van der Waals surface area contributed by atoms with Crippen LogP contribution in [0, 0.1) is 0 Å². The summed E-state index contributed by atoms with van der Waals surface area (Å²) in [6.07, 6.45) is 0.655. The van der Waals surface area contributed by atoms with E-state index in [4.69, 9.17) is 4.74 Å². The van der Waals surface area contributed by atoms with Crippen molar-refractivity contribution < 1.29 is 17.9 Å². The Hall–Kier alpha value is -2.84. The van der Waals surface area contributed by atoms with Gasteiger partial charge in [-0.05, 0) is 60.5 Å². The molecule has 6 nitrogen and oxygen atoms in total. The number of benzene rings is 3. The molecule has 1 amide bonds. The maximum Gasteiger partial charge on any atom is 0.264 e. The molecule has 3 aromatic rings. The molecule has 1 N–H and O–H groups in total. The number of amides is 1. The van der Waals surface area contributed by atoms with Crippen LogP contribution in [-0.4, -0.2) is 28.0 Å². The van der Waals surface area contributed by atoms with Crippen LogP contribution in [0.1, 0.15) is 24.9 Å². The van der Waals surface area contributed by atoms with Gasteiger partial charge in [-0.15, -0.1) is 0 Å². The van der Waals surface area contributed by atoms with Gasteiger partial charge in [-0.3, -0.25) is 9.10 Å². The summed E-state index contributed by atoms with van der Waals surface area (Å²) in [7, 11) is -2.34. The van der Waals surface area contributed by atoms with Crippen molar-refractivity contribution >= 4 is 37.5 Å². The molecule has 0 bridgehead atoms. The van der Waals surface area contributed by atoms with Gasteiger partial charge in [-0.2, -0.15) is 0 Å². The third-order valence-corrected chi connectivity index (χ3v) is 7.31. The summed E-state index contributed by atoms with van der Waals surface area (Å²) < 4.78 is 33.9. The molecule has 1 atom stereocenters. The van der Waals surface area contributed by atoms with E-state index < -0.39 is 15.9 Å². The van der Waals surface area contributed by atoms with Crippen LogP contribution in [0.4, 0.5) is 5.69 Å². The van der Waals surface area contributed by atoms with E-state index in [1.807, 2.05) is 31.2 Å². The number of ether oxygens (including phenoxy) is 1. The van der Waals surface area contributed by atoms with E-state index in [0.29, 0.717) is 12.1 Å². The monoisotopic (exact) mass is 516 g/mol. The predicted molar refractivity (Wildman–Crippen MR) is 129 cm³/mol. The van der Waals surface area contributed by atoms with Crippen LogP contribution in [0.15, 0.2) is 88.2 Å². The molecular formula is C24H25BrN2O4S. The summed E-state index contributed by atoms with van der Waals surface area (Å²) in [6.45, 7) is 1.62. The standard InChI is InChI=1S/C24H25BrN2O4S/c1-3-23(18-9-15-21(31-2)16-10-18)26-24(28)17-27(20-13-11-19(25)12-14-20)32(29,30)22-7-5-4-6-8-22/h4-16,23H,3,17H2,1-2H3,(H,26,28). The van der Waals surface area contributed by atoms with Gasteiger partial charge >= 0.3 is 0 Å². The smallest absolute Gasteiger partial charge is 0.264 e. The van der Waals surface area contributed by atoms with E-state index in [1.165, 1.54) is 12.1 Å². The van der Waals surface area contributed by atoms with Gasteiger partial charge in [-0.1, -0.05) is 53.2 Å². The highest BCUT2D eigenvalue weighted by Crippen LogP contribution is 2.26. The number of halogens is 1. The first-order valence-electron chi connectivity index (χ1n) is 10.1. The highest BCUT2D eigenvalue weighted by molar-refractivity contribution is 9.10. The lowest BCUT2D eigenvalue weighted by molar-refractivity contribution is -0.120. The van der Waals surface area contributed by atoms with Crippen molar-refractivity contribution in [3.05, 3.63) is 88.9 Å². The quantitative estimate of drug-likeness (QED) is 0.437. The number of nitrogens with one attached hydrogen (secondary N) is 1. The molecule has 0 saturated heterocycles. The molecule has 1 unspecified atom stereocenters. The van der Waals surface area contributed by atoms with Gasteiger partial charge in [0.15, 0.2) is 0 Å². The van der Waals surface area contributed by atoms with Crippen molar-refractivity contribution in [3.63, 3.8) is 0 Å². The number of nitrogens with zero attached hydrogens (tertiary/aromatic N) is 1. The van der Waals surface area contributed by atoms with Gasteiger partial charge in [0.05, 0.1) is 23.7 Å². The number of hydrogen-bond donors (Lipinski definition) is 1.